The number of hydrogen-bond donors (Lipinski definition) is 0. The molecule has 0 fully saturated rings. The Morgan fingerprint density at radius 3 is 2.75 bits per heavy atom. The summed E-state index contributed by atoms with van der Waals surface area (Å²) in [6.07, 6.45) is 1.78. The van der Waals surface area contributed by atoms with E-state index in [4.69, 9.17) is 0 Å². The van der Waals surface area contributed by atoms with Crippen LogP contribution in [-0.2, 0) is 0 Å². The van der Waals surface area contributed by atoms with Gasteiger partial charge in [0.25, 0.3) is 0 Å². The molecule has 0 bridgehead atoms. The van der Waals surface area contributed by atoms with E-state index in [-0.39, 0.29) is 6.49 Å². The first kappa shape index (κ1) is 5.23. The van der Waals surface area contributed by atoms with Crippen molar-refractivity contribution >= 4 is 12.5 Å². The van der Waals surface area contributed by atoms with Gasteiger partial charge in [0.1, 0.15) is 0 Å². The highest BCUT2D eigenvalue weighted by atomic mass is 14.5. The fourth-order valence-corrected chi connectivity index (χ4v) is 0.566. The summed E-state index contributed by atoms with van der Waals surface area (Å²) in [6, 6.07) is 3.87. The van der Waals surface area contributed by atoms with E-state index in [9.17, 15) is 0 Å². The highest BCUT2D eigenvalue weighted by molar-refractivity contribution is 6.60. The Labute approximate surface area is 49.2 Å². The lowest BCUT2D eigenvalue weighted by atomic mass is 9.78. The van der Waals surface area contributed by atoms with Crippen LogP contribution in [0.5, 0.6) is 0 Å². The van der Waals surface area contributed by atoms with Crippen LogP contribution < -0.4 is 0 Å². The largest absolute Gasteiger partial charge is 0.520 e. The van der Waals surface area contributed by atoms with Crippen LogP contribution in [0.2, 0.25) is 0 Å². The fourth-order valence-electron chi connectivity index (χ4n) is 0.566. The quantitative estimate of drug-likeness (QED) is 0.521. The van der Waals surface area contributed by atoms with Crippen LogP contribution in [0.3, 0.4) is 0 Å². The minimum Gasteiger partial charge on any atom is -0.520 e. The third-order valence-electron chi connectivity index (χ3n) is 1.01. The Kier molecular flexibility index (Phi) is 1.57. The minimum atomic E-state index is 0.208. The van der Waals surface area contributed by atoms with Crippen LogP contribution in [0.4, 0.5) is 0 Å². The summed E-state index contributed by atoms with van der Waals surface area (Å²) < 4.78 is 0. The van der Waals surface area contributed by atoms with Crippen LogP contribution in [0.25, 0.3) is 5.98 Å². The highest BCUT2D eigenvalue weighted by Gasteiger charge is 1.65. The van der Waals surface area contributed by atoms with E-state index in [1.54, 1.807) is 12.2 Å². The Bertz CT molecular complexity index is 171. The Morgan fingerprint density at radius 2 is 2.38 bits per heavy atom. The predicted octanol–water partition coefficient (Wildman–Crippen LogP) is 1.21. The molecule has 0 saturated heterocycles. The van der Waals surface area contributed by atoms with Gasteiger partial charge in [-0.05, 0) is 12.7 Å². The van der Waals surface area contributed by atoms with Crippen LogP contribution in [0.1, 0.15) is 0 Å². The highest BCUT2D eigenvalue weighted by Crippen LogP contribution is 1.79. The van der Waals surface area contributed by atoms with Crippen molar-refractivity contribution in [3.63, 3.8) is 0 Å². The van der Waals surface area contributed by atoms with Gasteiger partial charge in [-0.3, -0.25) is 0 Å². The molecule has 1 rings (SSSR count). The van der Waals surface area contributed by atoms with Gasteiger partial charge < -0.3 is 4.89 Å². The van der Waals surface area contributed by atoms with Gasteiger partial charge in [0.15, 0.2) is 0 Å². The second-order valence-corrected chi connectivity index (χ2v) is 1.60. The Morgan fingerprint density at radius 1 is 1.50 bits per heavy atom. The summed E-state index contributed by atoms with van der Waals surface area (Å²) in [4.78, 5) is 4.06. The van der Waals surface area contributed by atoms with Crippen LogP contribution in [0.15, 0.2) is 30.9 Å². The van der Waals surface area contributed by atoms with Crippen LogP contribution in [-0.4, -0.2) is 11.4 Å². The molecular weight excluding hydrogens is 96.9 g/mol. The van der Waals surface area contributed by atoms with Gasteiger partial charge in [-0.2, -0.15) is 0 Å². The Balaban J connectivity index is 2.99. The third-order valence-corrected chi connectivity index (χ3v) is 1.01. The molecule has 0 saturated carbocycles. The molecule has 0 spiro atoms. The smallest absolute Gasteiger partial charge is 0.00350 e. The van der Waals surface area contributed by atoms with Crippen molar-refractivity contribution in [3.05, 3.63) is 30.9 Å². The maximum absolute atomic E-state index is 4.06. The first-order valence-electron chi connectivity index (χ1n) is 2.59. The average molecular weight is 104 g/mol. The average Bonchev–Trinajstić information content (AvgIpc) is 1.90. The summed E-state index contributed by atoms with van der Waals surface area (Å²) in [5, 5.41) is 0. The van der Waals surface area contributed by atoms with Crippen molar-refractivity contribution in [2.24, 2.45) is 0 Å². The standard InChI is InChI=1S/C6H7BN/c1-2-7-5-3-4-6-8-7/h2-6H,1H2/q-1. The molecule has 0 aliphatic heterocycles. The van der Waals surface area contributed by atoms with Crippen molar-refractivity contribution in [1.29, 1.82) is 0 Å². The van der Waals surface area contributed by atoms with Crippen molar-refractivity contribution in [2.75, 3.05) is 0 Å². The number of hydrogen-bond acceptors (Lipinski definition) is 1. The van der Waals surface area contributed by atoms with Gasteiger partial charge in [0, 0.05) is 0 Å². The normalized spacial score (nSPS) is 8.50. The van der Waals surface area contributed by atoms with E-state index in [2.05, 4.69) is 11.5 Å². The first-order valence-corrected chi connectivity index (χ1v) is 2.59. The molecule has 1 heterocycles. The molecule has 0 aliphatic rings. The first-order chi connectivity index (χ1) is 3.93. The lowest BCUT2D eigenvalue weighted by Crippen LogP contribution is -1.91. The third kappa shape index (κ3) is 1.03. The molecule has 1 nitrogen and oxygen atoms in total. The zero-order chi connectivity index (χ0) is 5.82. The van der Waals surface area contributed by atoms with Gasteiger partial charge >= 0.3 is 0 Å². The number of aromatic nitrogens is 1. The molecule has 0 radical (unpaired) electrons. The predicted molar refractivity (Wildman–Crippen MR) is 36.6 cm³/mol. The summed E-state index contributed by atoms with van der Waals surface area (Å²) in [5.41, 5.74) is 0. The molecule has 2 heteroatoms. The molecule has 8 heavy (non-hydrogen) atoms. The minimum absolute atomic E-state index is 0.208. The number of nitrogens with zero attached hydrogens (tertiary/aromatic N) is 1. The molecule has 1 aromatic heterocycles. The van der Waals surface area contributed by atoms with Gasteiger partial charge in [0.2, 0.25) is 0 Å². The summed E-state index contributed by atoms with van der Waals surface area (Å²) >= 11 is 0. The monoisotopic (exact) mass is 104 g/mol. The van der Waals surface area contributed by atoms with E-state index in [1.807, 2.05) is 18.1 Å². The van der Waals surface area contributed by atoms with Crippen molar-refractivity contribution in [2.45, 2.75) is 0 Å². The molecule has 1 aromatic rings. The second kappa shape index (κ2) is 2.41. The second-order valence-electron chi connectivity index (χ2n) is 1.60. The van der Waals surface area contributed by atoms with Gasteiger partial charge in [-0.1, -0.05) is 6.07 Å². The van der Waals surface area contributed by atoms with E-state index in [1.165, 1.54) is 0 Å². The fraction of sp³-hybridized carbons (Fsp3) is 0. The van der Waals surface area contributed by atoms with E-state index in [0.717, 1.165) is 0 Å². The summed E-state index contributed by atoms with van der Waals surface area (Å²) in [7, 11) is 0. The molecule has 40 valence electrons. The van der Waals surface area contributed by atoms with Gasteiger partial charge in [0.05, 0.1) is 0 Å². The molecule has 0 amide bonds. The SMILES string of the molecule is C=C[b-]1ccccn1. The molecule has 0 unspecified atom stereocenters. The van der Waals surface area contributed by atoms with Crippen molar-refractivity contribution in [3.8, 4) is 0 Å². The lowest BCUT2D eigenvalue weighted by Gasteiger charge is -1.97. The maximum Gasteiger partial charge on any atom is -0.00350 e. The molecule has 0 N–H and O–H groups in total. The number of rotatable bonds is 1. The summed E-state index contributed by atoms with van der Waals surface area (Å²) in [6.45, 7) is 3.81. The zero-order valence-electron chi connectivity index (χ0n) is 4.62. The molecule has 0 aliphatic carbocycles. The van der Waals surface area contributed by atoms with Gasteiger partial charge in [-0.25, -0.2) is 11.9 Å². The van der Waals surface area contributed by atoms with E-state index < -0.39 is 0 Å². The van der Waals surface area contributed by atoms with Crippen LogP contribution in [0, 0.1) is 0 Å². The zero-order valence-corrected chi connectivity index (χ0v) is 4.62. The Hall–Kier alpha value is -0.915. The summed E-state index contributed by atoms with van der Waals surface area (Å²) in [5.74, 6) is 3.80. The van der Waals surface area contributed by atoms with E-state index in [0.29, 0.717) is 0 Å². The van der Waals surface area contributed by atoms with Gasteiger partial charge in [-0.15, -0.1) is 12.6 Å². The topological polar surface area (TPSA) is 12.9 Å². The molecule has 0 atom stereocenters. The van der Waals surface area contributed by atoms with E-state index >= 15 is 0 Å². The molecule has 0 aromatic carbocycles. The lowest BCUT2D eigenvalue weighted by molar-refractivity contribution is 1.49. The van der Waals surface area contributed by atoms with Crippen LogP contribution >= 0.6 is 0 Å². The van der Waals surface area contributed by atoms with Crippen molar-refractivity contribution in [1.82, 2.24) is 4.89 Å². The molecular formula is C6H7BN-. The van der Waals surface area contributed by atoms with Crippen molar-refractivity contribution < 1.29 is 0 Å². The maximum atomic E-state index is 4.06.